The first-order chi connectivity index (χ1) is 8.66. The molecular formula is C12H12ClN3OS. The fourth-order valence-electron chi connectivity index (χ4n) is 1.50. The predicted molar refractivity (Wildman–Crippen MR) is 73.3 cm³/mol. The monoisotopic (exact) mass is 281 g/mol. The van der Waals surface area contributed by atoms with Crippen LogP contribution in [0.15, 0.2) is 41.6 Å². The van der Waals surface area contributed by atoms with Crippen LogP contribution in [0.4, 0.5) is 0 Å². The largest absolute Gasteiger partial charge is 0.350 e. The van der Waals surface area contributed by atoms with Crippen molar-refractivity contribution >= 4 is 30.1 Å². The van der Waals surface area contributed by atoms with E-state index in [-0.39, 0.29) is 5.91 Å². The SMILES string of the molecule is O=C(NCCn1cccn1)c1cc(S)ccc1Cl. The molecule has 1 aromatic heterocycles. The average molecular weight is 282 g/mol. The highest BCUT2D eigenvalue weighted by Crippen LogP contribution is 2.19. The number of halogens is 1. The molecular weight excluding hydrogens is 270 g/mol. The zero-order valence-electron chi connectivity index (χ0n) is 9.51. The van der Waals surface area contributed by atoms with Gasteiger partial charge in [0.25, 0.3) is 5.91 Å². The molecule has 0 radical (unpaired) electrons. The minimum Gasteiger partial charge on any atom is -0.350 e. The van der Waals surface area contributed by atoms with Crippen molar-refractivity contribution < 1.29 is 4.79 Å². The van der Waals surface area contributed by atoms with Gasteiger partial charge in [0.15, 0.2) is 0 Å². The maximum absolute atomic E-state index is 11.9. The molecule has 0 aliphatic rings. The van der Waals surface area contributed by atoms with E-state index in [1.165, 1.54) is 0 Å². The Morgan fingerprint density at radius 2 is 2.33 bits per heavy atom. The van der Waals surface area contributed by atoms with E-state index >= 15 is 0 Å². The maximum atomic E-state index is 11.9. The highest BCUT2D eigenvalue weighted by atomic mass is 35.5. The van der Waals surface area contributed by atoms with Gasteiger partial charge in [-0.15, -0.1) is 12.6 Å². The second-order valence-corrected chi connectivity index (χ2v) is 4.61. The minimum absolute atomic E-state index is 0.206. The van der Waals surface area contributed by atoms with Crippen LogP contribution < -0.4 is 5.32 Å². The molecule has 0 saturated carbocycles. The quantitative estimate of drug-likeness (QED) is 0.845. The van der Waals surface area contributed by atoms with E-state index in [9.17, 15) is 4.79 Å². The molecule has 0 spiro atoms. The van der Waals surface area contributed by atoms with Crippen molar-refractivity contribution in [3.63, 3.8) is 0 Å². The van der Waals surface area contributed by atoms with Crippen LogP contribution in [0, 0.1) is 0 Å². The average Bonchev–Trinajstić information content (AvgIpc) is 2.85. The standard InChI is InChI=1S/C12H12ClN3OS/c13-11-3-2-9(18)8-10(11)12(17)14-5-7-16-6-1-4-15-16/h1-4,6,8,18H,5,7H2,(H,14,17). The molecule has 0 unspecified atom stereocenters. The number of amides is 1. The number of carbonyl (C=O) groups is 1. The van der Waals surface area contributed by atoms with Gasteiger partial charge in [-0.05, 0) is 24.3 Å². The van der Waals surface area contributed by atoms with Gasteiger partial charge >= 0.3 is 0 Å². The van der Waals surface area contributed by atoms with Gasteiger partial charge in [0.2, 0.25) is 0 Å². The van der Waals surface area contributed by atoms with Gasteiger partial charge in [0.1, 0.15) is 0 Å². The van der Waals surface area contributed by atoms with Crippen LogP contribution >= 0.6 is 24.2 Å². The summed E-state index contributed by atoms with van der Waals surface area (Å²) in [7, 11) is 0. The normalized spacial score (nSPS) is 10.3. The second-order valence-electron chi connectivity index (χ2n) is 3.69. The molecule has 1 N–H and O–H groups in total. The number of hydrogen-bond donors (Lipinski definition) is 2. The molecule has 0 fully saturated rings. The van der Waals surface area contributed by atoms with E-state index in [0.717, 1.165) is 0 Å². The van der Waals surface area contributed by atoms with Crippen molar-refractivity contribution in [3.05, 3.63) is 47.2 Å². The molecule has 0 aliphatic heterocycles. The van der Waals surface area contributed by atoms with Crippen LogP contribution in [0.2, 0.25) is 5.02 Å². The van der Waals surface area contributed by atoms with E-state index < -0.39 is 0 Å². The Hall–Kier alpha value is -1.46. The van der Waals surface area contributed by atoms with Crippen LogP contribution in [0.3, 0.4) is 0 Å². The number of thiol groups is 1. The lowest BCUT2D eigenvalue weighted by Crippen LogP contribution is -2.27. The number of hydrogen-bond acceptors (Lipinski definition) is 3. The maximum Gasteiger partial charge on any atom is 0.252 e. The second kappa shape index (κ2) is 5.93. The molecule has 94 valence electrons. The van der Waals surface area contributed by atoms with E-state index in [0.29, 0.717) is 28.6 Å². The predicted octanol–water partition coefficient (Wildman–Crippen LogP) is 2.26. The molecule has 4 nitrogen and oxygen atoms in total. The zero-order chi connectivity index (χ0) is 13.0. The van der Waals surface area contributed by atoms with E-state index in [1.807, 2.05) is 12.3 Å². The lowest BCUT2D eigenvalue weighted by Gasteiger charge is -2.07. The third-order valence-corrected chi connectivity index (χ3v) is 2.99. The first-order valence-corrected chi connectivity index (χ1v) is 6.23. The summed E-state index contributed by atoms with van der Waals surface area (Å²) < 4.78 is 1.75. The molecule has 2 aromatic rings. The van der Waals surface area contributed by atoms with Gasteiger partial charge in [0, 0.05) is 23.8 Å². The summed E-state index contributed by atoms with van der Waals surface area (Å²) in [6.45, 7) is 1.12. The highest BCUT2D eigenvalue weighted by molar-refractivity contribution is 7.80. The first-order valence-electron chi connectivity index (χ1n) is 5.41. The smallest absolute Gasteiger partial charge is 0.252 e. The summed E-state index contributed by atoms with van der Waals surface area (Å²) in [5.74, 6) is -0.206. The van der Waals surface area contributed by atoms with Crippen LogP contribution in [0.5, 0.6) is 0 Å². The molecule has 6 heteroatoms. The molecule has 2 rings (SSSR count). The van der Waals surface area contributed by atoms with Crippen LogP contribution in [0.25, 0.3) is 0 Å². The summed E-state index contributed by atoms with van der Waals surface area (Å²) in [6, 6.07) is 6.88. The van der Waals surface area contributed by atoms with Crippen LogP contribution in [-0.4, -0.2) is 22.2 Å². The van der Waals surface area contributed by atoms with E-state index in [2.05, 4.69) is 23.0 Å². The number of nitrogens with zero attached hydrogens (tertiary/aromatic N) is 2. The summed E-state index contributed by atoms with van der Waals surface area (Å²) in [5.41, 5.74) is 0.435. The molecule has 1 heterocycles. The molecule has 0 atom stereocenters. The van der Waals surface area contributed by atoms with E-state index in [1.54, 1.807) is 29.1 Å². The van der Waals surface area contributed by atoms with Crippen molar-refractivity contribution in [2.75, 3.05) is 6.54 Å². The Morgan fingerprint density at radius 3 is 3.06 bits per heavy atom. The first kappa shape index (κ1) is 13.0. The van der Waals surface area contributed by atoms with Gasteiger partial charge in [-0.1, -0.05) is 11.6 Å². The summed E-state index contributed by atoms with van der Waals surface area (Å²) in [4.78, 5) is 12.6. The molecule has 18 heavy (non-hydrogen) atoms. The number of aromatic nitrogens is 2. The van der Waals surface area contributed by atoms with Crippen molar-refractivity contribution in [1.82, 2.24) is 15.1 Å². The molecule has 0 saturated heterocycles. The topological polar surface area (TPSA) is 46.9 Å². The number of carbonyl (C=O) groups excluding carboxylic acids is 1. The Balaban J connectivity index is 1.93. The fourth-order valence-corrected chi connectivity index (χ4v) is 1.91. The lowest BCUT2D eigenvalue weighted by atomic mass is 10.2. The number of nitrogens with one attached hydrogen (secondary N) is 1. The molecule has 1 amide bonds. The summed E-state index contributed by atoms with van der Waals surface area (Å²) in [6.07, 6.45) is 3.54. The lowest BCUT2D eigenvalue weighted by molar-refractivity contribution is 0.0952. The van der Waals surface area contributed by atoms with Gasteiger partial charge < -0.3 is 5.32 Å². The van der Waals surface area contributed by atoms with Gasteiger partial charge in [-0.25, -0.2) is 0 Å². The van der Waals surface area contributed by atoms with Crippen LogP contribution in [-0.2, 0) is 6.54 Å². The van der Waals surface area contributed by atoms with Gasteiger partial charge in [0.05, 0.1) is 17.1 Å². The molecule has 0 aliphatic carbocycles. The van der Waals surface area contributed by atoms with Crippen molar-refractivity contribution in [1.29, 1.82) is 0 Å². The van der Waals surface area contributed by atoms with Crippen LogP contribution in [0.1, 0.15) is 10.4 Å². The number of benzene rings is 1. The Morgan fingerprint density at radius 1 is 1.50 bits per heavy atom. The van der Waals surface area contributed by atoms with E-state index in [4.69, 9.17) is 11.6 Å². The Bertz CT molecular complexity index is 542. The fraction of sp³-hybridized carbons (Fsp3) is 0.167. The minimum atomic E-state index is -0.206. The summed E-state index contributed by atoms with van der Waals surface area (Å²) >= 11 is 10.1. The van der Waals surface area contributed by atoms with Crippen molar-refractivity contribution in [2.45, 2.75) is 11.4 Å². The van der Waals surface area contributed by atoms with Crippen molar-refractivity contribution in [3.8, 4) is 0 Å². The number of rotatable bonds is 4. The Kier molecular flexibility index (Phi) is 4.28. The Labute approximate surface area is 115 Å². The molecule has 1 aromatic carbocycles. The third-order valence-electron chi connectivity index (χ3n) is 2.38. The van der Waals surface area contributed by atoms with Crippen molar-refractivity contribution in [2.24, 2.45) is 0 Å². The van der Waals surface area contributed by atoms with Gasteiger partial charge in [-0.2, -0.15) is 5.10 Å². The highest BCUT2D eigenvalue weighted by Gasteiger charge is 2.09. The molecule has 0 bridgehead atoms. The summed E-state index contributed by atoms with van der Waals surface area (Å²) in [5, 5.41) is 7.25. The van der Waals surface area contributed by atoms with Gasteiger partial charge in [-0.3, -0.25) is 9.48 Å². The third kappa shape index (κ3) is 3.27. The zero-order valence-corrected chi connectivity index (χ0v) is 11.2.